The lowest BCUT2D eigenvalue weighted by Gasteiger charge is -2.21. The monoisotopic (exact) mass is 351 g/mol. The van der Waals surface area contributed by atoms with Crippen LogP contribution in [0.25, 0.3) is 0 Å². The summed E-state index contributed by atoms with van der Waals surface area (Å²) in [5.41, 5.74) is 1.81. The Bertz CT molecular complexity index is 399. The van der Waals surface area contributed by atoms with E-state index in [0.29, 0.717) is 11.1 Å². The number of hydrogen-bond acceptors (Lipinski definition) is 0. The van der Waals surface area contributed by atoms with Crippen molar-refractivity contribution >= 4 is 69.6 Å². The summed E-state index contributed by atoms with van der Waals surface area (Å²) in [4.78, 5) is 0. The summed E-state index contributed by atoms with van der Waals surface area (Å²) in [6.45, 7) is 3.84. The summed E-state index contributed by atoms with van der Waals surface area (Å²) in [6.07, 6.45) is 0. The zero-order valence-electron chi connectivity index (χ0n) is 9.00. The zero-order valence-corrected chi connectivity index (χ0v) is 13.5. The topological polar surface area (TPSA) is 0 Å². The van der Waals surface area contributed by atoms with Crippen molar-refractivity contribution in [3.05, 3.63) is 40.8 Å². The molecule has 0 nitrogen and oxygen atoms in total. The second-order valence-corrected chi connectivity index (χ2v) is 8.32. The highest BCUT2D eigenvalue weighted by Crippen LogP contribution is 2.45. The summed E-state index contributed by atoms with van der Waals surface area (Å²) in [5.74, 6) is 1.02. The Hall–Kier alpha value is 0.960. The van der Waals surface area contributed by atoms with Crippen molar-refractivity contribution in [2.75, 3.05) is 0 Å². The van der Waals surface area contributed by atoms with E-state index in [1.807, 2.05) is 13.8 Å². The maximum atomic E-state index is 5.92. The van der Waals surface area contributed by atoms with E-state index in [9.17, 15) is 0 Å². The van der Waals surface area contributed by atoms with Crippen LogP contribution in [-0.2, 0) is 7.59 Å². The third-order valence-corrected chi connectivity index (χ3v) is 3.46. The average Bonchev–Trinajstić information content (AvgIpc) is 2.14. The van der Waals surface area contributed by atoms with Gasteiger partial charge in [-0.05, 0) is 17.5 Å². The van der Waals surface area contributed by atoms with Crippen LogP contribution >= 0.6 is 69.6 Å². The molecule has 0 aliphatic rings. The molecule has 0 aliphatic heterocycles. The number of rotatable bonds is 1. The van der Waals surface area contributed by atoms with Crippen LogP contribution in [0.2, 0.25) is 0 Å². The summed E-state index contributed by atoms with van der Waals surface area (Å²) >= 11 is 35.2. The van der Waals surface area contributed by atoms with Crippen molar-refractivity contribution in [2.24, 2.45) is 0 Å². The molecular weight excluding hydrogens is 345 g/mol. The van der Waals surface area contributed by atoms with Crippen molar-refractivity contribution in [1.29, 1.82) is 0 Å². The van der Waals surface area contributed by atoms with E-state index in [-0.39, 0.29) is 0 Å². The van der Waals surface area contributed by atoms with Crippen molar-refractivity contribution in [2.45, 2.75) is 21.4 Å². The number of alkyl halides is 6. The predicted octanol–water partition coefficient (Wildman–Crippen LogP) is 6.30. The lowest BCUT2D eigenvalue weighted by Crippen LogP contribution is -2.10. The van der Waals surface area contributed by atoms with Crippen molar-refractivity contribution < 1.29 is 0 Å². The Morgan fingerprint density at radius 2 is 1.41 bits per heavy atom. The van der Waals surface area contributed by atoms with Gasteiger partial charge in [-0.1, -0.05) is 95.6 Å². The van der Waals surface area contributed by atoms with E-state index >= 15 is 0 Å². The van der Waals surface area contributed by atoms with Gasteiger partial charge in [-0.25, -0.2) is 0 Å². The molecule has 95 valence electrons. The molecule has 1 rings (SSSR count). The fraction of sp³-hybridized carbons (Fsp3) is 0.364. The molecule has 0 aromatic heterocycles. The second-order valence-electron chi connectivity index (χ2n) is 3.76. The van der Waals surface area contributed by atoms with E-state index in [2.05, 4.69) is 0 Å². The summed E-state index contributed by atoms with van der Waals surface area (Å²) in [7, 11) is 0. The van der Waals surface area contributed by atoms with E-state index in [0.717, 1.165) is 11.5 Å². The van der Waals surface area contributed by atoms with Crippen molar-refractivity contribution in [3.8, 4) is 0 Å². The van der Waals surface area contributed by atoms with Gasteiger partial charge in [-0.3, -0.25) is 0 Å². The minimum atomic E-state index is -1.56. The van der Waals surface area contributed by atoms with E-state index in [1.165, 1.54) is 0 Å². The largest absolute Gasteiger partial charge is 0.216 e. The maximum Gasteiger partial charge on any atom is 0.216 e. The average molecular weight is 354 g/mol. The zero-order chi connectivity index (χ0) is 13.4. The first-order valence-electron chi connectivity index (χ1n) is 4.62. The molecule has 0 saturated carbocycles. The Balaban J connectivity index is 3.41. The molecule has 0 atom stereocenters. The van der Waals surface area contributed by atoms with Crippen molar-refractivity contribution in [3.63, 3.8) is 0 Å². The van der Waals surface area contributed by atoms with Gasteiger partial charge in [-0.2, -0.15) is 0 Å². The van der Waals surface area contributed by atoms with Gasteiger partial charge in [0.1, 0.15) is 0 Å². The molecule has 1 aromatic rings. The smallest absolute Gasteiger partial charge is 0.0784 e. The van der Waals surface area contributed by atoms with Crippen molar-refractivity contribution in [1.82, 2.24) is 0 Å². The molecule has 17 heavy (non-hydrogen) atoms. The molecule has 0 fully saturated rings. The van der Waals surface area contributed by atoms with Gasteiger partial charge in [0.05, 0.1) is 0 Å². The predicted molar refractivity (Wildman–Crippen MR) is 78.6 cm³/mol. The maximum absolute atomic E-state index is 5.92. The van der Waals surface area contributed by atoms with Crippen LogP contribution in [0.5, 0.6) is 0 Å². The van der Waals surface area contributed by atoms with Crippen LogP contribution in [-0.4, -0.2) is 0 Å². The molecular formula is C11H9Cl6. The molecule has 0 aliphatic carbocycles. The molecule has 0 unspecified atom stereocenters. The third-order valence-electron chi connectivity index (χ3n) is 2.19. The van der Waals surface area contributed by atoms with Crippen LogP contribution < -0.4 is 0 Å². The molecule has 6 heteroatoms. The highest BCUT2D eigenvalue weighted by molar-refractivity contribution is 6.67. The van der Waals surface area contributed by atoms with Gasteiger partial charge in [0.25, 0.3) is 0 Å². The Kier molecular flexibility index (Phi) is 5.21. The first kappa shape index (κ1) is 16.0. The number of hydrogen-bond donors (Lipinski definition) is 0. The first-order valence-corrected chi connectivity index (χ1v) is 6.89. The van der Waals surface area contributed by atoms with Gasteiger partial charge >= 0.3 is 0 Å². The molecule has 0 N–H and O–H groups in total. The SMILES string of the molecule is C[C](C)c1ccc(C(Cl)(Cl)Cl)cc1C(Cl)(Cl)Cl. The van der Waals surface area contributed by atoms with E-state index in [4.69, 9.17) is 69.6 Å². The molecule has 1 radical (unpaired) electrons. The van der Waals surface area contributed by atoms with Gasteiger partial charge in [0, 0.05) is 11.1 Å². The minimum Gasteiger partial charge on any atom is -0.0784 e. The normalized spacial score (nSPS) is 13.2. The molecule has 0 amide bonds. The Morgan fingerprint density at radius 3 is 1.76 bits per heavy atom. The first-order chi connectivity index (χ1) is 7.53. The molecule has 0 heterocycles. The van der Waals surface area contributed by atoms with E-state index in [1.54, 1.807) is 18.2 Å². The summed E-state index contributed by atoms with van der Waals surface area (Å²) in [6, 6.07) is 5.08. The number of halogens is 6. The quantitative estimate of drug-likeness (QED) is 0.519. The highest BCUT2D eigenvalue weighted by Gasteiger charge is 2.31. The van der Waals surface area contributed by atoms with Gasteiger partial charge < -0.3 is 0 Å². The van der Waals surface area contributed by atoms with Crippen LogP contribution in [0.15, 0.2) is 18.2 Å². The molecule has 1 aromatic carbocycles. The molecule has 0 saturated heterocycles. The van der Waals surface area contributed by atoms with Crippen LogP contribution in [0.4, 0.5) is 0 Å². The van der Waals surface area contributed by atoms with Gasteiger partial charge in [-0.15, -0.1) is 0 Å². The van der Waals surface area contributed by atoms with Crippen LogP contribution in [0.1, 0.15) is 30.5 Å². The second kappa shape index (κ2) is 5.53. The van der Waals surface area contributed by atoms with Crippen LogP contribution in [0.3, 0.4) is 0 Å². The fourth-order valence-electron chi connectivity index (χ4n) is 1.39. The highest BCUT2D eigenvalue weighted by atomic mass is 35.6. The van der Waals surface area contributed by atoms with Gasteiger partial charge in [0.15, 0.2) is 0 Å². The minimum absolute atomic E-state index is 0.467. The van der Waals surface area contributed by atoms with Gasteiger partial charge in [0.2, 0.25) is 7.59 Å². The van der Waals surface area contributed by atoms with Crippen LogP contribution in [0, 0.1) is 5.92 Å². The third kappa shape index (κ3) is 4.23. The number of benzene rings is 1. The Labute approximate surface area is 131 Å². The Morgan fingerprint density at radius 1 is 0.882 bits per heavy atom. The molecule has 0 spiro atoms. The van der Waals surface area contributed by atoms with E-state index < -0.39 is 7.59 Å². The standard InChI is InChI=1S/C11H9Cl6/c1-6(2)8-4-3-7(10(12,13)14)5-9(8)11(15,16)17/h3-5H,1-2H3. The summed E-state index contributed by atoms with van der Waals surface area (Å²) < 4.78 is -3.09. The summed E-state index contributed by atoms with van der Waals surface area (Å²) in [5, 5.41) is 0. The lowest BCUT2D eigenvalue weighted by atomic mass is 9.96. The fourth-order valence-corrected chi connectivity index (χ4v) is 2.21. The molecule has 0 bridgehead atoms. The lowest BCUT2D eigenvalue weighted by molar-refractivity contribution is 1.06.